The molecule has 0 unspecified atom stereocenters. The van der Waals surface area contributed by atoms with Crippen LogP contribution in [0.5, 0.6) is 0 Å². The Morgan fingerprint density at radius 1 is 1.17 bits per heavy atom. The van der Waals surface area contributed by atoms with Crippen LogP contribution in [0, 0.1) is 0 Å². The lowest BCUT2D eigenvalue weighted by Gasteiger charge is -2.17. The highest BCUT2D eigenvalue weighted by molar-refractivity contribution is 5.74. The second kappa shape index (κ2) is 5.96. The van der Waals surface area contributed by atoms with E-state index >= 15 is 0 Å². The second-order valence-corrected chi connectivity index (χ2v) is 4.22. The molecule has 92 valence electrons. The summed E-state index contributed by atoms with van der Waals surface area (Å²) in [5.41, 5.74) is 1.92. The summed E-state index contributed by atoms with van der Waals surface area (Å²) in [6.07, 6.45) is 3.39. The van der Waals surface area contributed by atoms with E-state index in [1.165, 1.54) is 5.56 Å². The van der Waals surface area contributed by atoms with Gasteiger partial charge in [-0.05, 0) is 24.1 Å². The third kappa shape index (κ3) is 3.17. The van der Waals surface area contributed by atoms with E-state index in [0.29, 0.717) is 5.56 Å². The van der Waals surface area contributed by atoms with E-state index in [1.54, 1.807) is 12.3 Å². The number of rotatable bonds is 5. The largest absolute Gasteiger partial charge is 0.359 e. The lowest BCUT2D eigenvalue weighted by Crippen LogP contribution is -2.21. The third-order valence-electron chi connectivity index (χ3n) is 2.88. The molecule has 0 fully saturated rings. The van der Waals surface area contributed by atoms with Crippen LogP contribution in [0.15, 0.2) is 48.7 Å². The molecule has 0 spiro atoms. The van der Waals surface area contributed by atoms with Crippen molar-refractivity contribution in [2.75, 3.05) is 18.5 Å². The van der Waals surface area contributed by atoms with Gasteiger partial charge in [0.15, 0.2) is 6.29 Å². The van der Waals surface area contributed by atoms with Crippen molar-refractivity contribution >= 4 is 12.1 Å². The van der Waals surface area contributed by atoms with Crippen LogP contribution in [-0.2, 0) is 6.42 Å². The van der Waals surface area contributed by atoms with Gasteiger partial charge in [0.2, 0.25) is 0 Å². The van der Waals surface area contributed by atoms with E-state index in [0.717, 1.165) is 25.1 Å². The first-order chi connectivity index (χ1) is 8.79. The maximum absolute atomic E-state index is 10.5. The van der Waals surface area contributed by atoms with Crippen molar-refractivity contribution in [3.8, 4) is 0 Å². The summed E-state index contributed by atoms with van der Waals surface area (Å²) in [6, 6.07) is 14.0. The predicted molar refractivity (Wildman–Crippen MR) is 73.0 cm³/mol. The van der Waals surface area contributed by atoms with Crippen molar-refractivity contribution < 1.29 is 4.79 Å². The Bertz CT molecular complexity index is 494. The average Bonchev–Trinajstić information content (AvgIpc) is 2.46. The van der Waals surface area contributed by atoms with Gasteiger partial charge in [-0.1, -0.05) is 30.3 Å². The highest BCUT2D eigenvalue weighted by Crippen LogP contribution is 2.10. The summed E-state index contributed by atoms with van der Waals surface area (Å²) in [7, 11) is 2.01. The average molecular weight is 240 g/mol. The van der Waals surface area contributed by atoms with Gasteiger partial charge >= 0.3 is 0 Å². The van der Waals surface area contributed by atoms with Gasteiger partial charge in [0.1, 0.15) is 5.82 Å². The molecule has 18 heavy (non-hydrogen) atoms. The summed E-state index contributed by atoms with van der Waals surface area (Å²) in [4.78, 5) is 16.9. The quantitative estimate of drug-likeness (QED) is 0.753. The first-order valence-electron chi connectivity index (χ1n) is 5.96. The minimum absolute atomic E-state index is 0.607. The summed E-state index contributed by atoms with van der Waals surface area (Å²) < 4.78 is 0. The lowest BCUT2D eigenvalue weighted by molar-refractivity contribution is 0.112. The highest BCUT2D eigenvalue weighted by Gasteiger charge is 2.02. The van der Waals surface area contributed by atoms with Crippen molar-refractivity contribution in [2.45, 2.75) is 6.42 Å². The molecule has 2 rings (SSSR count). The molecule has 1 aromatic carbocycles. The number of carbonyl (C=O) groups excluding carboxylic acids is 1. The second-order valence-electron chi connectivity index (χ2n) is 4.22. The van der Waals surface area contributed by atoms with Crippen LogP contribution in [0.3, 0.4) is 0 Å². The fraction of sp³-hybridized carbons (Fsp3) is 0.200. The fourth-order valence-electron chi connectivity index (χ4n) is 1.75. The van der Waals surface area contributed by atoms with E-state index in [4.69, 9.17) is 0 Å². The SMILES string of the molecule is CN(CCc1ccccc1)c1ccc(C=O)cn1. The number of anilines is 1. The topological polar surface area (TPSA) is 33.2 Å². The van der Waals surface area contributed by atoms with E-state index in [1.807, 2.05) is 31.3 Å². The fourth-order valence-corrected chi connectivity index (χ4v) is 1.75. The standard InChI is InChI=1S/C15H16N2O/c1-17(10-9-13-5-3-2-4-6-13)15-8-7-14(12-18)11-16-15/h2-8,11-12H,9-10H2,1H3. The van der Waals surface area contributed by atoms with Crippen LogP contribution >= 0.6 is 0 Å². The Balaban J connectivity index is 1.94. The van der Waals surface area contributed by atoms with E-state index in [-0.39, 0.29) is 0 Å². The number of aromatic nitrogens is 1. The lowest BCUT2D eigenvalue weighted by atomic mass is 10.1. The van der Waals surface area contributed by atoms with Gasteiger partial charge in [-0.3, -0.25) is 4.79 Å². The van der Waals surface area contributed by atoms with Crippen molar-refractivity contribution in [1.29, 1.82) is 0 Å². The highest BCUT2D eigenvalue weighted by atomic mass is 16.1. The van der Waals surface area contributed by atoms with E-state index < -0.39 is 0 Å². The number of aldehydes is 1. The molecule has 0 amide bonds. The molecule has 3 nitrogen and oxygen atoms in total. The summed E-state index contributed by atoms with van der Waals surface area (Å²) >= 11 is 0. The van der Waals surface area contributed by atoms with Crippen LogP contribution in [-0.4, -0.2) is 24.9 Å². The van der Waals surface area contributed by atoms with E-state index in [9.17, 15) is 4.79 Å². The van der Waals surface area contributed by atoms with Gasteiger partial charge in [-0.25, -0.2) is 4.98 Å². The first-order valence-corrected chi connectivity index (χ1v) is 5.96. The number of carbonyl (C=O) groups is 1. The minimum Gasteiger partial charge on any atom is -0.359 e. The van der Waals surface area contributed by atoms with Crippen LogP contribution < -0.4 is 4.90 Å². The van der Waals surface area contributed by atoms with E-state index in [2.05, 4.69) is 22.0 Å². The Morgan fingerprint density at radius 3 is 2.56 bits per heavy atom. The minimum atomic E-state index is 0.607. The van der Waals surface area contributed by atoms with Crippen LogP contribution in [0.4, 0.5) is 5.82 Å². The molecule has 0 aliphatic carbocycles. The van der Waals surface area contributed by atoms with Crippen LogP contribution in [0.1, 0.15) is 15.9 Å². The first kappa shape index (κ1) is 12.3. The normalized spacial score (nSPS) is 10.1. The summed E-state index contributed by atoms with van der Waals surface area (Å²) in [6.45, 7) is 0.900. The predicted octanol–water partition coefficient (Wildman–Crippen LogP) is 2.57. The monoisotopic (exact) mass is 240 g/mol. The summed E-state index contributed by atoms with van der Waals surface area (Å²) in [5, 5.41) is 0. The zero-order chi connectivity index (χ0) is 12.8. The number of pyridine rings is 1. The molecular formula is C15H16N2O. The molecule has 0 saturated carbocycles. The zero-order valence-corrected chi connectivity index (χ0v) is 10.4. The zero-order valence-electron chi connectivity index (χ0n) is 10.4. The number of likely N-dealkylation sites (N-methyl/N-ethyl adjacent to an activating group) is 1. The summed E-state index contributed by atoms with van der Waals surface area (Å²) in [5.74, 6) is 0.886. The molecule has 0 aliphatic rings. The van der Waals surface area contributed by atoms with Crippen molar-refractivity contribution in [2.24, 2.45) is 0 Å². The van der Waals surface area contributed by atoms with Crippen molar-refractivity contribution in [1.82, 2.24) is 4.98 Å². The molecule has 0 N–H and O–H groups in total. The maximum atomic E-state index is 10.5. The molecular weight excluding hydrogens is 224 g/mol. The van der Waals surface area contributed by atoms with Gasteiger partial charge in [-0.2, -0.15) is 0 Å². The van der Waals surface area contributed by atoms with Gasteiger partial charge in [-0.15, -0.1) is 0 Å². The third-order valence-corrected chi connectivity index (χ3v) is 2.88. The van der Waals surface area contributed by atoms with Gasteiger partial charge < -0.3 is 4.90 Å². The smallest absolute Gasteiger partial charge is 0.151 e. The number of hydrogen-bond donors (Lipinski definition) is 0. The molecule has 1 aromatic heterocycles. The Morgan fingerprint density at radius 2 is 1.94 bits per heavy atom. The number of benzene rings is 1. The van der Waals surface area contributed by atoms with Gasteiger partial charge in [0, 0.05) is 25.4 Å². The Kier molecular flexibility index (Phi) is 4.07. The molecule has 3 heteroatoms. The molecule has 0 radical (unpaired) electrons. The molecule has 0 atom stereocenters. The molecule has 0 bridgehead atoms. The maximum Gasteiger partial charge on any atom is 0.151 e. The number of hydrogen-bond acceptors (Lipinski definition) is 3. The number of nitrogens with zero attached hydrogens (tertiary/aromatic N) is 2. The molecule has 0 saturated heterocycles. The van der Waals surface area contributed by atoms with Crippen molar-refractivity contribution in [3.63, 3.8) is 0 Å². The Labute approximate surface area is 107 Å². The molecule has 0 aliphatic heterocycles. The van der Waals surface area contributed by atoms with Gasteiger partial charge in [0.05, 0.1) is 0 Å². The van der Waals surface area contributed by atoms with Crippen LogP contribution in [0.2, 0.25) is 0 Å². The van der Waals surface area contributed by atoms with Crippen LogP contribution in [0.25, 0.3) is 0 Å². The van der Waals surface area contributed by atoms with Crippen molar-refractivity contribution in [3.05, 3.63) is 59.8 Å². The van der Waals surface area contributed by atoms with Gasteiger partial charge in [0.25, 0.3) is 0 Å². The molecule has 2 aromatic rings. The molecule has 1 heterocycles. The Hall–Kier alpha value is -2.16.